The molecule has 11 nitrogen and oxygen atoms in total. The molecule has 1 aliphatic heterocycles. The molecule has 2 aromatic rings. The van der Waals surface area contributed by atoms with Crippen LogP contribution in [0.2, 0.25) is 5.02 Å². The summed E-state index contributed by atoms with van der Waals surface area (Å²) in [5.74, 6) is -3.70. The summed E-state index contributed by atoms with van der Waals surface area (Å²) in [5.41, 5.74) is 2.06. The highest BCUT2D eigenvalue weighted by atomic mass is 35.5. The van der Waals surface area contributed by atoms with E-state index in [0.717, 1.165) is 38.8 Å². The molecule has 230 valence electrons. The van der Waals surface area contributed by atoms with Crippen LogP contribution < -0.4 is 0 Å². The van der Waals surface area contributed by atoms with Crippen LogP contribution in [0.1, 0.15) is 55.9 Å². The Morgan fingerprint density at radius 3 is 2.09 bits per heavy atom. The second kappa shape index (κ2) is 14.5. The van der Waals surface area contributed by atoms with E-state index in [0.29, 0.717) is 12.2 Å². The lowest BCUT2D eigenvalue weighted by Crippen LogP contribution is -2.66. The van der Waals surface area contributed by atoms with Crippen LogP contribution in [0, 0.1) is 12.3 Å². The van der Waals surface area contributed by atoms with E-state index in [2.05, 4.69) is 5.92 Å². The Labute approximate surface area is 254 Å². The van der Waals surface area contributed by atoms with Gasteiger partial charge in [0.2, 0.25) is 11.9 Å². The van der Waals surface area contributed by atoms with Crippen LogP contribution in [0.3, 0.4) is 0 Å². The number of methoxy groups -OCH3 is 1. The molecule has 1 saturated heterocycles. The van der Waals surface area contributed by atoms with Crippen molar-refractivity contribution in [1.82, 2.24) is 0 Å². The molecule has 2 aromatic carbocycles. The van der Waals surface area contributed by atoms with Gasteiger partial charge in [-0.3, -0.25) is 19.2 Å². The first-order valence-corrected chi connectivity index (χ1v) is 13.6. The zero-order valence-corrected chi connectivity index (χ0v) is 25.1. The van der Waals surface area contributed by atoms with Gasteiger partial charge in [0.1, 0.15) is 12.7 Å². The van der Waals surface area contributed by atoms with Gasteiger partial charge in [0, 0.05) is 45.4 Å². The van der Waals surface area contributed by atoms with E-state index in [1.807, 2.05) is 24.3 Å². The van der Waals surface area contributed by atoms with E-state index in [1.165, 1.54) is 18.2 Å². The van der Waals surface area contributed by atoms with Gasteiger partial charge in [-0.15, -0.1) is 6.42 Å². The number of carbonyl (C=O) groups excluding carboxylic acids is 4. The van der Waals surface area contributed by atoms with Crippen molar-refractivity contribution in [3.63, 3.8) is 0 Å². The second-order valence-electron chi connectivity index (χ2n) is 9.84. The van der Waals surface area contributed by atoms with Gasteiger partial charge in [0.25, 0.3) is 0 Å². The molecule has 12 heteroatoms. The normalized spacial score (nSPS) is 23.8. The summed E-state index contributed by atoms with van der Waals surface area (Å²) in [4.78, 5) is 48.1. The lowest BCUT2D eigenvalue weighted by molar-refractivity contribution is -0.360. The van der Waals surface area contributed by atoms with E-state index >= 15 is 0 Å². The van der Waals surface area contributed by atoms with Gasteiger partial charge >= 0.3 is 23.9 Å². The molecule has 0 saturated carbocycles. The lowest BCUT2D eigenvalue weighted by Gasteiger charge is -2.48. The minimum absolute atomic E-state index is 0.0145. The maximum Gasteiger partial charge on any atom is 0.303 e. The monoisotopic (exact) mass is 616 g/mol. The smallest absolute Gasteiger partial charge is 0.303 e. The minimum atomic E-state index is -2.53. The van der Waals surface area contributed by atoms with Crippen LogP contribution in [0.25, 0.3) is 0 Å². The van der Waals surface area contributed by atoms with Gasteiger partial charge in [-0.2, -0.15) is 0 Å². The van der Waals surface area contributed by atoms with Crippen LogP contribution in [-0.4, -0.2) is 67.1 Å². The molecule has 1 heterocycles. The molecule has 1 aliphatic rings. The van der Waals surface area contributed by atoms with Gasteiger partial charge in [-0.25, -0.2) is 0 Å². The van der Waals surface area contributed by atoms with Crippen molar-refractivity contribution in [2.45, 2.75) is 70.4 Å². The standard InChI is InChI=1S/C31H33ClO11/c1-7-24(22-10-8-21(9-11-22)15-38-6)25-14-23(12-13-26(25)32)31(37)30(42-20(5)36)29(41-19(4)35)28(40-18(3)34)27(43-31)16-39-17(2)33/h1,8-14,24,27-30,37H,15-16H2,2-6H3/t24?,27-,28-,29+,30-,31+/m1/s1. The third-order valence-corrected chi connectivity index (χ3v) is 6.91. The Balaban J connectivity index is 2.19. The van der Waals surface area contributed by atoms with Gasteiger partial charge in [0.05, 0.1) is 12.5 Å². The number of esters is 4. The SMILES string of the molecule is C#CC(c1ccc(COC)cc1)c1cc([C@]2(O)O[C@H](COC(C)=O)[C@@H](OC(C)=O)[C@H](OC(C)=O)[C@H]2OC(C)=O)ccc1Cl. The van der Waals surface area contributed by atoms with Crippen LogP contribution >= 0.6 is 11.6 Å². The Morgan fingerprint density at radius 2 is 1.56 bits per heavy atom. The van der Waals surface area contributed by atoms with Crippen molar-refractivity contribution in [2.24, 2.45) is 0 Å². The number of rotatable bonds is 10. The van der Waals surface area contributed by atoms with E-state index in [4.69, 9.17) is 46.4 Å². The maximum absolute atomic E-state index is 12.3. The van der Waals surface area contributed by atoms with Crippen LogP contribution in [0.15, 0.2) is 42.5 Å². The number of halogens is 1. The molecule has 0 aliphatic carbocycles. The Morgan fingerprint density at radius 1 is 0.953 bits per heavy atom. The number of terminal acetylenes is 1. The summed E-state index contributed by atoms with van der Waals surface area (Å²) in [7, 11) is 1.59. The maximum atomic E-state index is 12.3. The molecule has 3 rings (SSSR count). The molecule has 6 atom stereocenters. The van der Waals surface area contributed by atoms with Gasteiger partial charge in [0.15, 0.2) is 12.2 Å². The lowest BCUT2D eigenvalue weighted by atomic mass is 9.84. The summed E-state index contributed by atoms with van der Waals surface area (Å²) < 4.78 is 32.6. The van der Waals surface area contributed by atoms with E-state index < -0.39 is 66.6 Å². The fourth-order valence-electron chi connectivity index (χ4n) is 4.84. The molecule has 1 unspecified atom stereocenters. The Kier molecular flexibility index (Phi) is 11.3. The van der Waals surface area contributed by atoms with Crippen LogP contribution in [0.4, 0.5) is 0 Å². The number of ether oxygens (including phenoxy) is 6. The summed E-state index contributed by atoms with van der Waals surface area (Å²) >= 11 is 6.59. The van der Waals surface area contributed by atoms with Gasteiger partial charge in [-0.1, -0.05) is 47.9 Å². The zero-order valence-electron chi connectivity index (χ0n) is 24.3. The van der Waals surface area contributed by atoms with Crippen LogP contribution in [-0.2, 0) is 60.0 Å². The fourth-order valence-corrected chi connectivity index (χ4v) is 5.07. The summed E-state index contributed by atoms with van der Waals surface area (Å²) in [5, 5.41) is 12.4. The predicted molar refractivity (Wildman–Crippen MR) is 151 cm³/mol. The molecule has 0 bridgehead atoms. The average molecular weight is 617 g/mol. The molecule has 0 aromatic heterocycles. The molecule has 1 fully saturated rings. The Bertz CT molecular complexity index is 1380. The van der Waals surface area contributed by atoms with Gasteiger partial charge < -0.3 is 33.5 Å². The molecular formula is C31H33ClO11. The van der Waals surface area contributed by atoms with Crippen molar-refractivity contribution in [2.75, 3.05) is 13.7 Å². The largest absolute Gasteiger partial charge is 0.463 e. The highest BCUT2D eigenvalue weighted by molar-refractivity contribution is 6.31. The number of aliphatic hydroxyl groups is 1. The second-order valence-corrected chi connectivity index (χ2v) is 10.3. The van der Waals surface area contributed by atoms with E-state index in [1.54, 1.807) is 7.11 Å². The van der Waals surface area contributed by atoms with E-state index in [-0.39, 0.29) is 10.6 Å². The highest BCUT2D eigenvalue weighted by Crippen LogP contribution is 2.43. The first-order valence-electron chi connectivity index (χ1n) is 13.2. The molecule has 0 spiro atoms. The van der Waals surface area contributed by atoms with Gasteiger partial charge in [-0.05, 0) is 28.8 Å². The van der Waals surface area contributed by atoms with Crippen molar-refractivity contribution in [1.29, 1.82) is 0 Å². The molecule has 0 amide bonds. The van der Waals surface area contributed by atoms with Crippen molar-refractivity contribution >= 4 is 35.5 Å². The predicted octanol–water partition coefficient (Wildman–Crippen LogP) is 3.15. The summed E-state index contributed by atoms with van der Waals surface area (Å²) in [6.07, 6.45) is -0.210. The van der Waals surface area contributed by atoms with Crippen molar-refractivity contribution < 1.29 is 52.7 Å². The zero-order chi connectivity index (χ0) is 31.9. The van der Waals surface area contributed by atoms with E-state index in [9.17, 15) is 24.3 Å². The van der Waals surface area contributed by atoms with Crippen LogP contribution in [0.5, 0.6) is 0 Å². The molecule has 1 N–H and O–H groups in total. The first kappa shape index (κ1) is 33.6. The molecular weight excluding hydrogens is 584 g/mol. The topological polar surface area (TPSA) is 144 Å². The van der Waals surface area contributed by atoms with Crippen molar-refractivity contribution in [3.8, 4) is 12.3 Å². The highest BCUT2D eigenvalue weighted by Gasteiger charge is 2.60. The number of hydrogen-bond acceptors (Lipinski definition) is 11. The van der Waals surface area contributed by atoms with Crippen molar-refractivity contribution in [3.05, 3.63) is 69.7 Å². The number of benzene rings is 2. The quantitative estimate of drug-likeness (QED) is 0.239. The number of carbonyl (C=O) groups is 4. The average Bonchev–Trinajstić information content (AvgIpc) is 2.93. The molecule has 43 heavy (non-hydrogen) atoms. The number of hydrogen-bond donors (Lipinski definition) is 1. The minimum Gasteiger partial charge on any atom is -0.463 e. The first-order chi connectivity index (χ1) is 20.3. The Hall–Kier alpha value is -3.95. The molecule has 0 radical (unpaired) electrons. The third kappa shape index (κ3) is 8.12. The third-order valence-electron chi connectivity index (χ3n) is 6.56. The summed E-state index contributed by atoms with van der Waals surface area (Å²) in [6.45, 7) is 4.30. The fraction of sp³-hybridized carbons (Fsp3) is 0.419. The summed E-state index contributed by atoms with van der Waals surface area (Å²) in [6, 6.07) is 11.7.